The number of aromatic nitrogens is 1. The zero-order valence-electron chi connectivity index (χ0n) is 21.3. The van der Waals surface area contributed by atoms with Gasteiger partial charge in [-0.25, -0.2) is 13.4 Å². The number of rotatable bonds is 7. The number of ketones is 1. The maximum absolute atomic E-state index is 13.5. The van der Waals surface area contributed by atoms with Crippen LogP contribution in [0, 0.1) is 0 Å². The SMILES string of the molecule is C=C1CN(S(=O)(=O)c2ccc(N3CCCC3CC)nc2)CCN1c1cc(-c2ccccc2)sc1C(C)=O. The lowest BCUT2D eigenvalue weighted by Gasteiger charge is -2.37. The summed E-state index contributed by atoms with van der Waals surface area (Å²) in [6, 6.07) is 15.9. The summed E-state index contributed by atoms with van der Waals surface area (Å²) < 4.78 is 28.4. The van der Waals surface area contributed by atoms with Gasteiger partial charge in [0.15, 0.2) is 5.78 Å². The summed E-state index contributed by atoms with van der Waals surface area (Å²) in [4.78, 5) is 23.1. The van der Waals surface area contributed by atoms with Crippen molar-refractivity contribution in [2.45, 2.75) is 44.0 Å². The van der Waals surface area contributed by atoms with Crippen molar-refractivity contribution in [3.63, 3.8) is 0 Å². The Morgan fingerprint density at radius 3 is 2.57 bits per heavy atom. The Hall–Kier alpha value is -3.01. The first-order valence-electron chi connectivity index (χ1n) is 12.7. The fourth-order valence-corrected chi connectivity index (χ4v) is 7.65. The van der Waals surface area contributed by atoms with Crippen LogP contribution in [0.3, 0.4) is 0 Å². The number of nitrogens with zero attached hydrogens (tertiary/aromatic N) is 4. The van der Waals surface area contributed by atoms with Crippen LogP contribution in [-0.4, -0.2) is 55.7 Å². The summed E-state index contributed by atoms with van der Waals surface area (Å²) in [5.41, 5.74) is 2.48. The van der Waals surface area contributed by atoms with E-state index in [0.717, 1.165) is 47.8 Å². The summed E-state index contributed by atoms with van der Waals surface area (Å²) in [6.07, 6.45) is 4.81. The van der Waals surface area contributed by atoms with Gasteiger partial charge in [-0.3, -0.25) is 4.79 Å². The monoisotopic (exact) mass is 536 g/mol. The van der Waals surface area contributed by atoms with E-state index in [1.165, 1.54) is 21.8 Å². The van der Waals surface area contributed by atoms with Gasteiger partial charge in [-0.1, -0.05) is 43.8 Å². The highest BCUT2D eigenvalue weighted by Crippen LogP contribution is 2.39. The van der Waals surface area contributed by atoms with Gasteiger partial charge in [0.2, 0.25) is 10.0 Å². The summed E-state index contributed by atoms with van der Waals surface area (Å²) in [7, 11) is -3.72. The number of pyridine rings is 1. The molecule has 0 radical (unpaired) electrons. The van der Waals surface area contributed by atoms with Crippen molar-refractivity contribution in [3.8, 4) is 10.4 Å². The molecule has 3 aromatic rings. The first-order chi connectivity index (χ1) is 17.8. The van der Waals surface area contributed by atoms with Gasteiger partial charge in [-0.15, -0.1) is 11.3 Å². The van der Waals surface area contributed by atoms with Gasteiger partial charge < -0.3 is 9.80 Å². The Morgan fingerprint density at radius 2 is 1.92 bits per heavy atom. The third-order valence-electron chi connectivity index (χ3n) is 7.20. The average Bonchev–Trinajstić information content (AvgIpc) is 3.57. The van der Waals surface area contributed by atoms with E-state index >= 15 is 0 Å². The Bertz CT molecular complexity index is 1400. The summed E-state index contributed by atoms with van der Waals surface area (Å²) in [6.45, 7) is 9.74. The predicted molar refractivity (Wildman–Crippen MR) is 150 cm³/mol. The minimum Gasteiger partial charge on any atom is -0.354 e. The molecule has 0 aliphatic carbocycles. The molecule has 2 fully saturated rings. The van der Waals surface area contributed by atoms with Crippen LogP contribution < -0.4 is 9.80 Å². The number of Topliss-reactive ketones (excluding diaryl/α,β-unsaturated/α-hetero) is 1. The number of sulfonamides is 1. The zero-order chi connectivity index (χ0) is 26.2. The second-order valence-corrected chi connectivity index (χ2v) is 12.5. The van der Waals surface area contributed by atoms with Crippen molar-refractivity contribution in [1.29, 1.82) is 0 Å². The third-order valence-corrected chi connectivity index (χ3v) is 10.3. The molecular weight excluding hydrogens is 504 g/mol. The van der Waals surface area contributed by atoms with Crippen LogP contribution in [0.4, 0.5) is 11.5 Å². The van der Waals surface area contributed by atoms with Gasteiger partial charge in [0.25, 0.3) is 0 Å². The van der Waals surface area contributed by atoms with Crippen LogP contribution in [0.15, 0.2) is 71.9 Å². The molecule has 2 aliphatic rings. The van der Waals surface area contributed by atoms with Gasteiger partial charge in [-0.2, -0.15) is 4.31 Å². The maximum atomic E-state index is 13.5. The smallest absolute Gasteiger partial charge is 0.245 e. The van der Waals surface area contributed by atoms with E-state index in [1.54, 1.807) is 13.0 Å². The number of thiophene rings is 1. The Kier molecular flexibility index (Phi) is 7.20. The molecule has 0 spiro atoms. The van der Waals surface area contributed by atoms with E-state index in [2.05, 4.69) is 23.4 Å². The van der Waals surface area contributed by atoms with Crippen LogP contribution in [0.25, 0.3) is 10.4 Å². The van der Waals surface area contributed by atoms with Gasteiger partial charge in [0.1, 0.15) is 10.7 Å². The molecular formula is C28H32N4O3S2. The molecule has 0 saturated carbocycles. The average molecular weight is 537 g/mol. The number of benzene rings is 1. The van der Waals surface area contributed by atoms with Gasteiger partial charge in [-0.05, 0) is 43.0 Å². The fourth-order valence-electron chi connectivity index (χ4n) is 5.22. The molecule has 1 unspecified atom stereocenters. The number of carbonyl (C=O) groups is 1. The highest BCUT2D eigenvalue weighted by atomic mass is 32.2. The standard InChI is InChI=1S/C28H32N4O3S2/c1-4-23-11-8-14-32(23)27-13-12-24(18-29-27)37(34,35)30-15-16-31(20(2)19-30)25-17-26(36-28(25)21(3)33)22-9-6-5-7-10-22/h5-7,9-10,12-13,17-18,23H,2,4,8,11,14-16,19H2,1,3H3. The second-order valence-electron chi connectivity index (χ2n) is 9.55. The number of hydrogen-bond acceptors (Lipinski definition) is 7. The van der Waals surface area contributed by atoms with Crippen molar-refractivity contribution in [1.82, 2.24) is 9.29 Å². The molecule has 7 nitrogen and oxygen atoms in total. The molecule has 1 atom stereocenters. The quantitative estimate of drug-likeness (QED) is 0.376. The molecule has 0 bridgehead atoms. The van der Waals surface area contributed by atoms with E-state index in [9.17, 15) is 13.2 Å². The molecule has 4 heterocycles. The molecule has 2 aromatic heterocycles. The molecule has 5 rings (SSSR count). The van der Waals surface area contributed by atoms with E-state index < -0.39 is 10.0 Å². The lowest BCUT2D eigenvalue weighted by atomic mass is 10.1. The van der Waals surface area contributed by atoms with Crippen molar-refractivity contribution in [3.05, 3.63) is 71.9 Å². The highest BCUT2D eigenvalue weighted by molar-refractivity contribution is 7.89. The van der Waals surface area contributed by atoms with E-state index in [-0.39, 0.29) is 17.2 Å². The van der Waals surface area contributed by atoms with E-state index in [4.69, 9.17) is 0 Å². The highest BCUT2D eigenvalue weighted by Gasteiger charge is 2.33. The minimum atomic E-state index is -3.72. The molecule has 0 N–H and O–H groups in total. The largest absolute Gasteiger partial charge is 0.354 e. The molecule has 2 saturated heterocycles. The lowest BCUT2D eigenvalue weighted by Crippen LogP contribution is -2.47. The summed E-state index contributed by atoms with van der Waals surface area (Å²) in [5, 5.41) is 0. The number of hydrogen-bond donors (Lipinski definition) is 0. The van der Waals surface area contributed by atoms with Crippen LogP contribution >= 0.6 is 11.3 Å². The van der Waals surface area contributed by atoms with Gasteiger partial charge in [0.05, 0.1) is 17.1 Å². The van der Waals surface area contributed by atoms with Crippen molar-refractivity contribution < 1.29 is 13.2 Å². The second kappa shape index (κ2) is 10.4. The molecule has 1 aromatic carbocycles. The molecule has 37 heavy (non-hydrogen) atoms. The Labute approximate surface area is 223 Å². The minimum absolute atomic E-state index is 0.0143. The summed E-state index contributed by atoms with van der Waals surface area (Å²) >= 11 is 1.46. The van der Waals surface area contributed by atoms with Crippen LogP contribution in [0.2, 0.25) is 0 Å². The zero-order valence-corrected chi connectivity index (χ0v) is 22.9. The predicted octanol–water partition coefficient (Wildman–Crippen LogP) is 5.42. The first kappa shape index (κ1) is 25.6. The van der Waals surface area contributed by atoms with Crippen molar-refractivity contribution >= 4 is 38.6 Å². The maximum Gasteiger partial charge on any atom is 0.245 e. The van der Waals surface area contributed by atoms with Crippen molar-refractivity contribution in [2.24, 2.45) is 0 Å². The normalized spacial score (nSPS) is 19.0. The van der Waals surface area contributed by atoms with Crippen LogP contribution in [0.1, 0.15) is 42.8 Å². The third kappa shape index (κ3) is 4.95. The molecule has 9 heteroatoms. The van der Waals surface area contributed by atoms with E-state index in [1.807, 2.05) is 47.4 Å². The molecule has 0 amide bonds. The van der Waals surface area contributed by atoms with Gasteiger partial charge in [0, 0.05) is 49.4 Å². The Balaban J connectivity index is 1.34. The lowest BCUT2D eigenvalue weighted by molar-refractivity contribution is 0.102. The first-order valence-corrected chi connectivity index (χ1v) is 14.9. The molecule has 194 valence electrons. The number of anilines is 2. The fraction of sp³-hybridized carbons (Fsp3) is 0.357. The van der Waals surface area contributed by atoms with Crippen LogP contribution in [0.5, 0.6) is 0 Å². The Morgan fingerprint density at radius 1 is 1.14 bits per heavy atom. The van der Waals surface area contributed by atoms with Crippen LogP contribution in [-0.2, 0) is 10.0 Å². The van der Waals surface area contributed by atoms with Gasteiger partial charge >= 0.3 is 0 Å². The summed E-state index contributed by atoms with van der Waals surface area (Å²) in [5.74, 6) is 0.820. The topological polar surface area (TPSA) is 73.8 Å². The molecule has 2 aliphatic heterocycles. The number of piperazine rings is 1. The van der Waals surface area contributed by atoms with E-state index in [0.29, 0.717) is 29.7 Å². The number of carbonyl (C=O) groups excluding carboxylic acids is 1. The van der Waals surface area contributed by atoms with Crippen molar-refractivity contribution in [2.75, 3.05) is 36.0 Å².